The van der Waals surface area contributed by atoms with Gasteiger partial charge in [0.1, 0.15) is 0 Å². The first-order chi connectivity index (χ1) is 8.55. The molecule has 0 aliphatic carbocycles. The van der Waals surface area contributed by atoms with Crippen molar-refractivity contribution in [2.45, 2.75) is 15.5 Å². The van der Waals surface area contributed by atoms with Gasteiger partial charge < -0.3 is 0 Å². The lowest BCUT2D eigenvalue weighted by molar-refractivity contribution is 0.609. The normalized spacial score (nSPS) is 11.4. The summed E-state index contributed by atoms with van der Waals surface area (Å²) in [6.07, 6.45) is 0. The van der Waals surface area contributed by atoms with Gasteiger partial charge in [0.25, 0.3) is 9.05 Å². The van der Waals surface area contributed by atoms with Gasteiger partial charge in [-0.25, -0.2) is 8.42 Å². The lowest BCUT2D eigenvalue weighted by Crippen LogP contribution is -1.91. The van der Waals surface area contributed by atoms with Gasteiger partial charge in [0.05, 0.1) is 4.90 Å². The molecule has 0 aliphatic rings. The fourth-order valence-electron chi connectivity index (χ4n) is 1.47. The van der Waals surface area contributed by atoms with Crippen LogP contribution in [0.1, 0.15) is 5.56 Å². The maximum absolute atomic E-state index is 11.2. The second-order valence-electron chi connectivity index (χ2n) is 3.69. The summed E-state index contributed by atoms with van der Waals surface area (Å²) < 4.78 is 22.4. The highest BCUT2D eigenvalue weighted by Gasteiger charge is 2.09. The zero-order valence-corrected chi connectivity index (χ0v) is 11.8. The molecule has 0 unspecified atom stereocenters. The van der Waals surface area contributed by atoms with E-state index in [9.17, 15) is 8.42 Å². The SMILES string of the molecule is O=S(=O)(Cl)c1cccc(CSc2ccccc2)c1. The van der Waals surface area contributed by atoms with E-state index < -0.39 is 9.05 Å². The Kier molecular flexibility index (Phi) is 4.32. The van der Waals surface area contributed by atoms with E-state index in [1.54, 1.807) is 23.9 Å². The van der Waals surface area contributed by atoms with Gasteiger partial charge in [0, 0.05) is 21.3 Å². The minimum Gasteiger partial charge on any atom is -0.207 e. The molecular weight excluding hydrogens is 288 g/mol. The van der Waals surface area contributed by atoms with Gasteiger partial charge >= 0.3 is 0 Å². The minimum absolute atomic E-state index is 0.148. The van der Waals surface area contributed by atoms with Crippen LogP contribution < -0.4 is 0 Å². The third-order valence-electron chi connectivity index (χ3n) is 2.33. The Balaban J connectivity index is 2.11. The van der Waals surface area contributed by atoms with Gasteiger partial charge in [0.2, 0.25) is 0 Å². The Labute approximate surface area is 115 Å². The molecule has 5 heteroatoms. The van der Waals surface area contributed by atoms with Crippen LogP contribution in [-0.2, 0) is 14.8 Å². The summed E-state index contributed by atoms with van der Waals surface area (Å²) in [6.45, 7) is 0. The molecule has 0 amide bonds. The second-order valence-corrected chi connectivity index (χ2v) is 7.30. The van der Waals surface area contributed by atoms with Crippen LogP contribution >= 0.6 is 22.4 Å². The zero-order chi connectivity index (χ0) is 13.0. The van der Waals surface area contributed by atoms with E-state index in [-0.39, 0.29) is 4.90 Å². The number of halogens is 1. The van der Waals surface area contributed by atoms with E-state index in [0.29, 0.717) is 5.75 Å². The van der Waals surface area contributed by atoms with Crippen molar-refractivity contribution >= 4 is 31.5 Å². The third-order valence-corrected chi connectivity index (χ3v) is 4.76. The Morgan fingerprint density at radius 2 is 1.72 bits per heavy atom. The molecule has 0 heterocycles. The Morgan fingerprint density at radius 3 is 2.39 bits per heavy atom. The second kappa shape index (κ2) is 5.78. The largest absolute Gasteiger partial charge is 0.261 e. The molecule has 94 valence electrons. The van der Waals surface area contributed by atoms with Crippen LogP contribution in [0.25, 0.3) is 0 Å². The fourth-order valence-corrected chi connectivity index (χ4v) is 3.15. The van der Waals surface area contributed by atoms with Crippen molar-refractivity contribution in [1.82, 2.24) is 0 Å². The first-order valence-electron chi connectivity index (χ1n) is 5.27. The average molecular weight is 299 g/mol. The molecule has 0 spiro atoms. The van der Waals surface area contributed by atoms with Crippen LogP contribution in [0.2, 0.25) is 0 Å². The number of rotatable bonds is 4. The molecule has 2 aromatic rings. The van der Waals surface area contributed by atoms with E-state index in [1.165, 1.54) is 6.07 Å². The van der Waals surface area contributed by atoms with Crippen LogP contribution in [0, 0.1) is 0 Å². The summed E-state index contributed by atoms with van der Waals surface area (Å²) in [5, 5.41) is 0. The Morgan fingerprint density at radius 1 is 1.00 bits per heavy atom. The van der Waals surface area contributed by atoms with Crippen molar-refractivity contribution in [3.05, 3.63) is 60.2 Å². The van der Waals surface area contributed by atoms with Crippen molar-refractivity contribution in [1.29, 1.82) is 0 Å². The molecule has 0 saturated carbocycles. The van der Waals surface area contributed by atoms with Crippen molar-refractivity contribution in [3.8, 4) is 0 Å². The molecule has 0 radical (unpaired) electrons. The highest BCUT2D eigenvalue weighted by molar-refractivity contribution is 8.13. The number of thioether (sulfide) groups is 1. The monoisotopic (exact) mass is 298 g/mol. The molecule has 0 fully saturated rings. The smallest absolute Gasteiger partial charge is 0.207 e. The van der Waals surface area contributed by atoms with Gasteiger partial charge in [-0.2, -0.15) is 0 Å². The summed E-state index contributed by atoms with van der Waals surface area (Å²) in [5.41, 5.74) is 0.936. The molecular formula is C13H11ClO2S2. The third kappa shape index (κ3) is 3.77. The van der Waals surface area contributed by atoms with Gasteiger partial charge in [-0.15, -0.1) is 11.8 Å². The van der Waals surface area contributed by atoms with Crippen LogP contribution in [0.15, 0.2) is 64.4 Å². The molecule has 2 nitrogen and oxygen atoms in total. The summed E-state index contributed by atoms with van der Waals surface area (Å²) in [5.74, 6) is 0.713. The molecule has 18 heavy (non-hydrogen) atoms. The van der Waals surface area contributed by atoms with Crippen LogP contribution in [0.3, 0.4) is 0 Å². The van der Waals surface area contributed by atoms with E-state index >= 15 is 0 Å². The molecule has 0 aromatic heterocycles. The summed E-state index contributed by atoms with van der Waals surface area (Å²) in [7, 11) is 1.67. The van der Waals surface area contributed by atoms with Crippen LogP contribution in [0.5, 0.6) is 0 Å². The van der Waals surface area contributed by atoms with Crippen molar-refractivity contribution in [2.24, 2.45) is 0 Å². The molecule has 0 atom stereocenters. The van der Waals surface area contributed by atoms with E-state index in [1.807, 2.05) is 36.4 Å². The molecule has 2 rings (SSSR count). The lowest BCUT2D eigenvalue weighted by atomic mass is 10.2. The van der Waals surface area contributed by atoms with Crippen molar-refractivity contribution < 1.29 is 8.42 Å². The zero-order valence-electron chi connectivity index (χ0n) is 9.41. The fraction of sp³-hybridized carbons (Fsp3) is 0.0769. The predicted octanol–water partition coefficient (Wildman–Crippen LogP) is 3.91. The number of hydrogen-bond donors (Lipinski definition) is 0. The molecule has 2 aromatic carbocycles. The van der Waals surface area contributed by atoms with Gasteiger partial charge in [-0.05, 0) is 29.8 Å². The highest BCUT2D eigenvalue weighted by atomic mass is 35.7. The first-order valence-corrected chi connectivity index (χ1v) is 8.57. The number of benzene rings is 2. The van der Waals surface area contributed by atoms with Gasteiger partial charge in [-0.3, -0.25) is 0 Å². The van der Waals surface area contributed by atoms with Gasteiger partial charge in [-0.1, -0.05) is 30.3 Å². The van der Waals surface area contributed by atoms with Crippen LogP contribution in [-0.4, -0.2) is 8.42 Å². The maximum atomic E-state index is 11.2. The Hall–Kier alpha value is -0.970. The summed E-state index contributed by atoms with van der Waals surface area (Å²) >= 11 is 1.65. The Bertz CT molecular complexity index is 624. The first kappa shape index (κ1) is 13.5. The highest BCUT2D eigenvalue weighted by Crippen LogP contribution is 2.24. The molecule has 0 N–H and O–H groups in total. The van der Waals surface area contributed by atoms with E-state index in [2.05, 4.69) is 0 Å². The summed E-state index contributed by atoms with van der Waals surface area (Å²) in [6, 6.07) is 16.7. The molecule has 0 saturated heterocycles. The van der Waals surface area contributed by atoms with Crippen molar-refractivity contribution in [2.75, 3.05) is 0 Å². The molecule has 0 bridgehead atoms. The lowest BCUT2D eigenvalue weighted by Gasteiger charge is -2.03. The topological polar surface area (TPSA) is 34.1 Å². The standard InChI is InChI=1S/C13H11ClO2S2/c14-18(15,16)13-8-4-5-11(9-13)10-17-12-6-2-1-3-7-12/h1-9H,10H2. The predicted molar refractivity (Wildman–Crippen MR) is 75.5 cm³/mol. The van der Waals surface area contributed by atoms with Gasteiger partial charge in [0.15, 0.2) is 0 Å². The van der Waals surface area contributed by atoms with Crippen molar-refractivity contribution in [3.63, 3.8) is 0 Å². The molecule has 0 aliphatic heterocycles. The quantitative estimate of drug-likeness (QED) is 0.634. The average Bonchev–Trinajstić information content (AvgIpc) is 2.37. The van der Waals surface area contributed by atoms with E-state index in [4.69, 9.17) is 10.7 Å². The minimum atomic E-state index is -3.65. The summed E-state index contributed by atoms with van der Waals surface area (Å²) in [4.78, 5) is 1.30. The van der Waals surface area contributed by atoms with E-state index in [0.717, 1.165) is 10.5 Å². The maximum Gasteiger partial charge on any atom is 0.261 e. The van der Waals surface area contributed by atoms with Crippen LogP contribution in [0.4, 0.5) is 0 Å². The number of hydrogen-bond acceptors (Lipinski definition) is 3.